The van der Waals surface area contributed by atoms with Crippen molar-refractivity contribution >= 4 is 21.7 Å². The Morgan fingerprint density at radius 2 is 1.89 bits per heavy atom. The van der Waals surface area contributed by atoms with Crippen LogP contribution in [0.2, 0.25) is 0 Å². The average Bonchev–Trinajstić information content (AvgIpc) is 2.38. The van der Waals surface area contributed by atoms with Crippen LogP contribution in [-0.2, 0) is 0 Å². The highest BCUT2D eigenvalue weighted by atomic mass is 79.9. The number of carbonyl (C=O) groups is 1. The minimum atomic E-state index is -0.566. The normalized spacial score (nSPS) is 10.2. The van der Waals surface area contributed by atoms with Gasteiger partial charge in [-0.25, -0.2) is 4.39 Å². The van der Waals surface area contributed by atoms with Crippen molar-refractivity contribution in [2.45, 2.75) is 0 Å². The van der Waals surface area contributed by atoms with E-state index in [-0.39, 0.29) is 23.9 Å². The van der Waals surface area contributed by atoms with Crippen molar-refractivity contribution in [3.63, 3.8) is 0 Å². The highest BCUT2D eigenvalue weighted by Gasteiger charge is 2.09. The number of Topliss-reactive ketones (excluding diaryl/α,β-unsaturated/α-hetero) is 1. The minimum absolute atomic E-state index is 0.0758. The van der Waals surface area contributed by atoms with Crippen LogP contribution in [-0.4, -0.2) is 17.5 Å². The molecule has 2 aromatic carbocycles. The van der Waals surface area contributed by atoms with Gasteiger partial charge in [0.25, 0.3) is 0 Å². The second kappa shape index (κ2) is 5.84. The fourth-order valence-corrected chi connectivity index (χ4v) is 1.74. The van der Waals surface area contributed by atoms with Gasteiger partial charge in [0.1, 0.15) is 5.82 Å². The number of rotatable bonds is 4. The minimum Gasteiger partial charge on any atom is -0.504 e. The van der Waals surface area contributed by atoms with Gasteiger partial charge in [-0.1, -0.05) is 28.1 Å². The summed E-state index contributed by atoms with van der Waals surface area (Å²) in [6.45, 7) is -0.221. The maximum Gasteiger partial charge on any atom is 0.200 e. The molecule has 98 valence electrons. The first-order chi connectivity index (χ1) is 9.06. The van der Waals surface area contributed by atoms with Gasteiger partial charge in [-0.2, -0.15) is 0 Å². The number of ketones is 1. The number of carbonyl (C=O) groups excluding carboxylic acids is 1. The summed E-state index contributed by atoms with van der Waals surface area (Å²) in [5, 5.41) is 9.43. The molecule has 2 aromatic rings. The zero-order chi connectivity index (χ0) is 13.8. The van der Waals surface area contributed by atoms with Crippen molar-refractivity contribution in [3.8, 4) is 11.5 Å². The number of halogens is 2. The summed E-state index contributed by atoms with van der Waals surface area (Å²) < 4.78 is 18.8. The number of phenols is 1. The standard InChI is InChI=1S/C14H10BrFO3/c15-10-3-1-9(2-4-10)13(18)8-19-14-6-5-11(16)7-12(14)17/h1-7,17H,8H2. The second-order valence-corrected chi connectivity index (χ2v) is 4.75. The fourth-order valence-electron chi connectivity index (χ4n) is 1.47. The van der Waals surface area contributed by atoms with E-state index in [0.29, 0.717) is 5.56 Å². The van der Waals surface area contributed by atoms with Gasteiger partial charge in [0.05, 0.1) is 0 Å². The molecule has 0 amide bonds. The molecule has 0 saturated carbocycles. The van der Waals surface area contributed by atoms with Crippen molar-refractivity contribution in [2.24, 2.45) is 0 Å². The van der Waals surface area contributed by atoms with E-state index in [1.807, 2.05) is 0 Å². The molecule has 3 nitrogen and oxygen atoms in total. The van der Waals surface area contributed by atoms with E-state index in [1.165, 1.54) is 6.07 Å². The highest BCUT2D eigenvalue weighted by molar-refractivity contribution is 9.10. The zero-order valence-corrected chi connectivity index (χ0v) is 11.4. The van der Waals surface area contributed by atoms with E-state index in [1.54, 1.807) is 24.3 Å². The number of benzene rings is 2. The van der Waals surface area contributed by atoms with Crippen molar-refractivity contribution in [2.75, 3.05) is 6.61 Å². The van der Waals surface area contributed by atoms with Crippen molar-refractivity contribution in [3.05, 3.63) is 58.3 Å². The van der Waals surface area contributed by atoms with Crippen LogP contribution in [0, 0.1) is 5.82 Å². The van der Waals surface area contributed by atoms with Crippen LogP contribution in [0.25, 0.3) is 0 Å². The molecule has 0 atom stereocenters. The van der Waals surface area contributed by atoms with Crippen LogP contribution in [0.3, 0.4) is 0 Å². The van der Waals surface area contributed by atoms with Gasteiger partial charge >= 0.3 is 0 Å². The first kappa shape index (κ1) is 13.5. The number of hydrogen-bond acceptors (Lipinski definition) is 3. The van der Waals surface area contributed by atoms with Gasteiger partial charge in [0.15, 0.2) is 23.9 Å². The Hall–Kier alpha value is -1.88. The molecular weight excluding hydrogens is 315 g/mol. The molecular formula is C14H10BrFO3. The van der Waals surface area contributed by atoms with E-state index >= 15 is 0 Å². The molecule has 19 heavy (non-hydrogen) atoms. The molecule has 0 fully saturated rings. The van der Waals surface area contributed by atoms with Crippen LogP contribution in [0.15, 0.2) is 46.9 Å². The molecule has 0 unspecified atom stereocenters. The summed E-state index contributed by atoms with van der Waals surface area (Å²) in [7, 11) is 0. The third kappa shape index (κ3) is 3.54. The summed E-state index contributed by atoms with van der Waals surface area (Å²) in [6.07, 6.45) is 0. The van der Waals surface area contributed by atoms with Gasteiger partial charge in [0, 0.05) is 16.1 Å². The predicted octanol–water partition coefficient (Wildman–Crippen LogP) is 3.56. The summed E-state index contributed by atoms with van der Waals surface area (Å²) in [4.78, 5) is 11.8. The van der Waals surface area contributed by atoms with Gasteiger partial charge in [-0.3, -0.25) is 4.79 Å². The number of hydrogen-bond donors (Lipinski definition) is 1. The molecule has 0 heterocycles. The lowest BCUT2D eigenvalue weighted by molar-refractivity contribution is 0.0919. The topological polar surface area (TPSA) is 46.5 Å². The van der Waals surface area contributed by atoms with E-state index in [4.69, 9.17) is 4.74 Å². The first-order valence-electron chi connectivity index (χ1n) is 5.46. The molecule has 0 spiro atoms. The third-order valence-electron chi connectivity index (χ3n) is 2.45. The predicted molar refractivity (Wildman–Crippen MR) is 72.0 cm³/mol. The monoisotopic (exact) mass is 324 g/mol. The van der Waals surface area contributed by atoms with Gasteiger partial charge < -0.3 is 9.84 Å². The lowest BCUT2D eigenvalue weighted by Gasteiger charge is -2.07. The van der Waals surface area contributed by atoms with E-state index in [2.05, 4.69) is 15.9 Å². The molecule has 0 aliphatic heterocycles. The average molecular weight is 325 g/mol. The fraction of sp³-hybridized carbons (Fsp3) is 0.0714. The smallest absolute Gasteiger partial charge is 0.200 e. The molecule has 5 heteroatoms. The molecule has 0 bridgehead atoms. The Labute approximate surface area is 117 Å². The van der Waals surface area contributed by atoms with E-state index in [9.17, 15) is 14.3 Å². The highest BCUT2D eigenvalue weighted by Crippen LogP contribution is 2.26. The summed E-state index contributed by atoms with van der Waals surface area (Å²) in [5.41, 5.74) is 0.504. The van der Waals surface area contributed by atoms with Gasteiger partial charge in [-0.05, 0) is 24.3 Å². The molecule has 0 radical (unpaired) electrons. The van der Waals surface area contributed by atoms with Crippen LogP contribution in [0.5, 0.6) is 11.5 Å². The molecule has 0 saturated heterocycles. The van der Waals surface area contributed by atoms with E-state index < -0.39 is 5.82 Å². The van der Waals surface area contributed by atoms with Crippen molar-refractivity contribution in [1.29, 1.82) is 0 Å². The number of phenolic OH excluding ortho intramolecular Hbond substituents is 1. The summed E-state index contributed by atoms with van der Waals surface area (Å²) in [5.74, 6) is -1.05. The third-order valence-corrected chi connectivity index (χ3v) is 2.97. The Balaban J connectivity index is 2.02. The largest absolute Gasteiger partial charge is 0.504 e. The molecule has 0 aliphatic rings. The maximum atomic E-state index is 12.8. The molecule has 2 rings (SSSR count). The van der Waals surface area contributed by atoms with Crippen molar-refractivity contribution < 1.29 is 19.0 Å². The summed E-state index contributed by atoms with van der Waals surface area (Å²) in [6, 6.07) is 10.2. The SMILES string of the molecule is O=C(COc1ccc(F)cc1O)c1ccc(Br)cc1. The molecule has 1 N–H and O–H groups in total. The van der Waals surface area contributed by atoms with Gasteiger partial charge in [0.2, 0.25) is 0 Å². The van der Waals surface area contributed by atoms with Gasteiger partial charge in [-0.15, -0.1) is 0 Å². The molecule has 0 aromatic heterocycles. The Kier molecular flexibility index (Phi) is 4.16. The van der Waals surface area contributed by atoms with Crippen LogP contribution in [0.4, 0.5) is 4.39 Å². The Morgan fingerprint density at radius 1 is 1.21 bits per heavy atom. The van der Waals surface area contributed by atoms with Crippen LogP contribution < -0.4 is 4.74 Å². The first-order valence-corrected chi connectivity index (χ1v) is 6.25. The Morgan fingerprint density at radius 3 is 2.53 bits per heavy atom. The zero-order valence-electron chi connectivity index (χ0n) is 9.77. The van der Waals surface area contributed by atoms with Crippen molar-refractivity contribution in [1.82, 2.24) is 0 Å². The maximum absolute atomic E-state index is 12.8. The quantitative estimate of drug-likeness (QED) is 0.875. The number of aromatic hydroxyl groups is 1. The van der Waals surface area contributed by atoms with E-state index in [0.717, 1.165) is 16.6 Å². The lowest BCUT2D eigenvalue weighted by atomic mass is 10.1. The lowest BCUT2D eigenvalue weighted by Crippen LogP contribution is -2.11. The Bertz CT molecular complexity index is 596. The second-order valence-electron chi connectivity index (χ2n) is 3.83. The van der Waals surface area contributed by atoms with Crippen LogP contribution in [0.1, 0.15) is 10.4 Å². The van der Waals surface area contributed by atoms with Crippen LogP contribution >= 0.6 is 15.9 Å². The molecule has 0 aliphatic carbocycles. The summed E-state index contributed by atoms with van der Waals surface area (Å²) >= 11 is 3.28. The number of ether oxygens (including phenoxy) is 1.